The molecule has 0 fully saturated rings. The first-order chi connectivity index (χ1) is 11.0. The van der Waals surface area contributed by atoms with Crippen LogP contribution in [0.25, 0.3) is 15.5 Å². The number of rotatable bonds is 5. The van der Waals surface area contributed by atoms with Crippen LogP contribution in [0.5, 0.6) is 0 Å². The number of carboxylic acid groups (broad SMARTS) is 1. The Labute approximate surface area is 137 Å². The van der Waals surface area contributed by atoms with Crippen molar-refractivity contribution in [3.05, 3.63) is 52.2 Å². The molecule has 2 heterocycles. The second kappa shape index (κ2) is 6.47. The van der Waals surface area contributed by atoms with E-state index in [1.165, 1.54) is 45.8 Å². The molecule has 0 saturated heterocycles. The van der Waals surface area contributed by atoms with Gasteiger partial charge in [-0.15, -0.1) is 11.8 Å². The lowest BCUT2D eigenvalue weighted by molar-refractivity contribution is -0.133. The van der Waals surface area contributed by atoms with E-state index >= 15 is 0 Å². The normalized spacial score (nSPS) is 11.0. The second-order valence-electron chi connectivity index (χ2n) is 4.58. The smallest absolute Gasteiger partial charge is 0.313 e. The summed E-state index contributed by atoms with van der Waals surface area (Å²) in [5.41, 5.74) is 0.879. The van der Waals surface area contributed by atoms with Gasteiger partial charge >= 0.3 is 5.97 Å². The molecule has 9 heteroatoms. The molecule has 3 aromatic rings. The molecule has 23 heavy (non-hydrogen) atoms. The minimum Gasteiger partial charge on any atom is -0.481 e. The Bertz CT molecular complexity index is 921. The molecule has 1 N–H and O–H groups in total. The van der Waals surface area contributed by atoms with Crippen LogP contribution in [0.3, 0.4) is 0 Å². The maximum atomic E-state index is 13.0. The van der Waals surface area contributed by atoms with Gasteiger partial charge in [0.2, 0.25) is 4.96 Å². The van der Waals surface area contributed by atoms with Crippen molar-refractivity contribution in [3.8, 4) is 10.6 Å². The second-order valence-corrected chi connectivity index (χ2v) is 6.52. The summed E-state index contributed by atoms with van der Waals surface area (Å²) in [6.07, 6.45) is 0. The van der Waals surface area contributed by atoms with Gasteiger partial charge in [-0.25, -0.2) is 9.37 Å². The van der Waals surface area contributed by atoms with E-state index in [0.29, 0.717) is 27.0 Å². The Morgan fingerprint density at radius 1 is 1.35 bits per heavy atom. The number of nitrogens with zero attached hydrogens (tertiary/aromatic N) is 3. The van der Waals surface area contributed by atoms with Crippen LogP contribution in [-0.2, 0) is 10.5 Å². The third-order valence-electron chi connectivity index (χ3n) is 2.86. The Morgan fingerprint density at radius 3 is 2.78 bits per heavy atom. The summed E-state index contributed by atoms with van der Waals surface area (Å²) < 4.78 is 14.2. The van der Waals surface area contributed by atoms with Crippen molar-refractivity contribution in [3.63, 3.8) is 0 Å². The van der Waals surface area contributed by atoms with Gasteiger partial charge in [0.05, 0.1) is 11.4 Å². The summed E-state index contributed by atoms with van der Waals surface area (Å²) in [6.45, 7) is 0. The SMILES string of the molecule is O=C(O)CSCc1cc(=O)n2nc(-c3ccc(F)cc3)sc2n1. The zero-order valence-corrected chi connectivity index (χ0v) is 13.2. The van der Waals surface area contributed by atoms with E-state index in [4.69, 9.17) is 5.11 Å². The zero-order valence-electron chi connectivity index (χ0n) is 11.6. The number of aliphatic carboxylic acids is 1. The number of aromatic nitrogens is 3. The lowest BCUT2D eigenvalue weighted by atomic mass is 10.2. The van der Waals surface area contributed by atoms with Crippen molar-refractivity contribution in [2.75, 3.05) is 5.75 Å². The van der Waals surface area contributed by atoms with Crippen LogP contribution in [0.2, 0.25) is 0 Å². The molecule has 3 rings (SSSR count). The topological polar surface area (TPSA) is 84.6 Å². The number of carboxylic acids is 1. The third kappa shape index (κ3) is 3.57. The van der Waals surface area contributed by atoms with E-state index in [9.17, 15) is 14.0 Å². The molecular formula is C14H10FN3O3S2. The van der Waals surface area contributed by atoms with Gasteiger partial charge in [-0.1, -0.05) is 11.3 Å². The maximum absolute atomic E-state index is 13.0. The van der Waals surface area contributed by atoms with Crippen LogP contribution in [0.4, 0.5) is 4.39 Å². The standard InChI is InChI=1S/C14H10FN3O3S2/c15-9-3-1-8(2-4-9)13-17-18-11(19)5-10(16-14(18)23-13)6-22-7-12(20)21/h1-5H,6-7H2,(H,20,21). The monoisotopic (exact) mass is 351 g/mol. The lowest BCUT2D eigenvalue weighted by Crippen LogP contribution is -2.15. The van der Waals surface area contributed by atoms with Crippen LogP contribution in [0.15, 0.2) is 35.1 Å². The van der Waals surface area contributed by atoms with Gasteiger partial charge in [-0.3, -0.25) is 9.59 Å². The van der Waals surface area contributed by atoms with Crippen LogP contribution < -0.4 is 5.56 Å². The number of hydrogen-bond acceptors (Lipinski definition) is 6. The van der Waals surface area contributed by atoms with Crippen molar-refractivity contribution in [2.45, 2.75) is 5.75 Å². The van der Waals surface area contributed by atoms with Crippen molar-refractivity contribution in [1.82, 2.24) is 14.6 Å². The first-order valence-electron chi connectivity index (χ1n) is 6.48. The fourth-order valence-corrected chi connectivity index (χ4v) is 3.45. The van der Waals surface area contributed by atoms with Gasteiger partial charge in [0.25, 0.3) is 5.56 Å². The Kier molecular flexibility index (Phi) is 4.39. The number of thioether (sulfide) groups is 1. The summed E-state index contributed by atoms with van der Waals surface area (Å²) in [7, 11) is 0. The first-order valence-corrected chi connectivity index (χ1v) is 8.45. The van der Waals surface area contributed by atoms with Gasteiger partial charge < -0.3 is 5.11 Å². The van der Waals surface area contributed by atoms with E-state index in [1.54, 1.807) is 12.1 Å². The third-order valence-corrected chi connectivity index (χ3v) is 4.77. The molecule has 118 valence electrons. The molecule has 0 spiro atoms. The van der Waals surface area contributed by atoms with Crippen LogP contribution in [-0.4, -0.2) is 31.4 Å². The Morgan fingerprint density at radius 2 is 2.09 bits per heavy atom. The number of benzene rings is 1. The summed E-state index contributed by atoms with van der Waals surface area (Å²) in [5, 5.41) is 13.4. The fraction of sp³-hybridized carbons (Fsp3) is 0.143. The van der Waals surface area contributed by atoms with Gasteiger partial charge in [-0.05, 0) is 24.3 Å². The molecule has 0 atom stereocenters. The van der Waals surface area contributed by atoms with E-state index in [1.807, 2.05) is 0 Å². The number of fused-ring (bicyclic) bond motifs is 1. The molecule has 0 radical (unpaired) electrons. The predicted octanol–water partition coefficient (Wildman–Crippen LogP) is 2.27. The molecule has 2 aromatic heterocycles. The molecule has 0 unspecified atom stereocenters. The van der Waals surface area contributed by atoms with Crippen molar-refractivity contribution in [1.29, 1.82) is 0 Å². The highest BCUT2D eigenvalue weighted by Gasteiger charge is 2.11. The van der Waals surface area contributed by atoms with E-state index in [-0.39, 0.29) is 17.1 Å². The summed E-state index contributed by atoms with van der Waals surface area (Å²) in [5.74, 6) is -0.973. The molecule has 1 aromatic carbocycles. The van der Waals surface area contributed by atoms with Crippen molar-refractivity contribution < 1.29 is 14.3 Å². The molecule has 0 saturated carbocycles. The van der Waals surface area contributed by atoms with Crippen LogP contribution >= 0.6 is 23.1 Å². The lowest BCUT2D eigenvalue weighted by Gasteiger charge is -1.98. The molecule has 0 bridgehead atoms. The molecule has 6 nitrogen and oxygen atoms in total. The summed E-state index contributed by atoms with van der Waals surface area (Å²) in [6, 6.07) is 7.16. The zero-order chi connectivity index (χ0) is 16.4. The van der Waals surface area contributed by atoms with Crippen LogP contribution in [0, 0.1) is 5.82 Å². The van der Waals surface area contributed by atoms with Gasteiger partial charge in [-0.2, -0.15) is 9.61 Å². The highest BCUT2D eigenvalue weighted by molar-refractivity contribution is 7.99. The number of hydrogen-bond donors (Lipinski definition) is 1. The molecule has 0 aliphatic rings. The van der Waals surface area contributed by atoms with E-state index < -0.39 is 5.97 Å². The number of halogens is 1. The van der Waals surface area contributed by atoms with Crippen molar-refractivity contribution >= 4 is 34.0 Å². The van der Waals surface area contributed by atoms with Gasteiger partial charge in [0, 0.05) is 17.4 Å². The van der Waals surface area contributed by atoms with E-state index in [0.717, 1.165) is 0 Å². The number of carbonyl (C=O) groups is 1. The van der Waals surface area contributed by atoms with E-state index in [2.05, 4.69) is 10.1 Å². The Hall–Kier alpha value is -2.26. The summed E-state index contributed by atoms with van der Waals surface area (Å²) >= 11 is 2.39. The van der Waals surface area contributed by atoms with Crippen molar-refractivity contribution in [2.24, 2.45) is 0 Å². The highest BCUT2D eigenvalue weighted by Crippen LogP contribution is 2.24. The Balaban J connectivity index is 1.93. The highest BCUT2D eigenvalue weighted by atomic mass is 32.2. The average molecular weight is 351 g/mol. The predicted molar refractivity (Wildman–Crippen MR) is 86.3 cm³/mol. The maximum Gasteiger partial charge on any atom is 0.313 e. The largest absolute Gasteiger partial charge is 0.481 e. The van der Waals surface area contributed by atoms with Crippen LogP contribution in [0.1, 0.15) is 5.69 Å². The first kappa shape index (κ1) is 15.6. The fourth-order valence-electron chi connectivity index (χ4n) is 1.88. The quantitative estimate of drug-likeness (QED) is 0.759. The minimum atomic E-state index is -0.913. The van der Waals surface area contributed by atoms with Gasteiger partial charge in [0.1, 0.15) is 10.8 Å². The minimum absolute atomic E-state index is 0.0510. The average Bonchev–Trinajstić information content (AvgIpc) is 2.92. The molecular weight excluding hydrogens is 341 g/mol. The van der Waals surface area contributed by atoms with Gasteiger partial charge in [0.15, 0.2) is 0 Å². The molecule has 0 amide bonds. The summed E-state index contributed by atoms with van der Waals surface area (Å²) in [4.78, 5) is 27.3. The molecule has 0 aliphatic heterocycles. The molecule has 0 aliphatic carbocycles.